The quantitative estimate of drug-likeness (QED) is 0.906. The van der Waals surface area contributed by atoms with Crippen molar-refractivity contribution in [2.75, 3.05) is 6.61 Å². The highest BCUT2D eigenvalue weighted by Gasteiger charge is 2.23. The number of benzene rings is 1. The normalized spacial score (nSPS) is 20.6. The zero-order valence-electron chi connectivity index (χ0n) is 13.4. The average Bonchev–Trinajstić information content (AvgIpc) is 2.62. The number of hydrogen-bond donors (Lipinski definition) is 2. The summed E-state index contributed by atoms with van der Waals surface area (Å²) in [5, 5.41) is 12.3. The number of nitrogens with one attached hydrogen (secondary N) is 1. The summed E-state index contributed by atoms with van der Waals surface area (Å²) >= 11 is 0. The van der Waals surface area contributed by atoms with Crippen LogP contribution in [0, 0.1) is 11.7 Å². The Balaban J connectivity index is 1.65. The molecule has 24 heavy (non-hydrogen) atoms. The van der Waals surface area contributed by atoms with Gasteiger partial charge in [0.15, 0.2) is 0 Å². The summed E-state index contributed by atoms with van der Waals surface area (Å²) < 4.78 is 13.3. The van der Waals surface area contributed by atoms with E-state index in [1.54, 1.807) is 24.3 Å². The maximum absolute atomic E-state index is 13.3. The number of halogens is 1. The molecule has 1 heterocycles. The van der Waals surface area contributed by atoms with Gasteiger partial charge < -0.3 is 10.4 Å². The van der Waals surface area contributed by atoms with Crippen LogP contribution < -0.4 is 5.32 Å². The molecule has 1 fully saturated rings. The smallest absolute Gasteiger partial charge is 0.253 e. The first-order chi connectivity index (χ1) is 11.7. The molecule has 4 nitrogen and oxygen atoms in total. The van der Waals surface area contributed by atoms with Crippen LogP contribution in [0.15, 0.2) is 42.6 Å². The number of aliphatic hydroxyl groups excluding tert-OH is 1. The van der Waals surface area contributed by atoms with Gasteiger partial charge in [0.05, 0.1) is 11.3 Å². The summed E-state index contributed by atoms with van der Waals surface area (Å²) in [5.74, 6) is -0.193. The van der Waals surface area contributed by atoms with Crippen molar-refractivity contribution < 1.29 is 14.3 Å². The maximum Gasteiger partial charge on any atom is 0.253 e. The summed E-state index contributed by atoms with van der Waals surface area (Å²) in [4.78, 5) is 16.6. The topological polar surface area (TPSA) is 62.2 Å². The van der Waals surface area contributed by atoms with Gasteiger partial charge in [-0.25, -0.2) is 4.39 Å². The van der Waals surface area contributed by atoms with E-state index < -0.39 is 0 Å². The zero-order chi connectivity index (χ0) is 16.9. The van der Waals surface area contributed by atoms with Crippen molar-refractivity contribution in [2.24, 2.45) is 5.92 Å². The molecule has 1 aromatic carbocycles. The third-order valence-electron chi connectivity index (χ3n) is 4.52. The molecule has 2 aromatic rings. The van der Waals surface area contributed by atoms with Crippen LogP contribution in [0.25, 0.3) is 11.3 Å². The van der Waals surface area contributed by atoms with E-state index in [1.165, 1.54) is 18.3 Å². The van der Waals surface area contributed by atoms with Crippen LogP contribution in [0.3, 0.4) is 0 Å². The first-order valence-corrected chi connectivity index (χ1v) is 8.29. The zero-order valence-corrected chi connectivity index (χ0v) is 13.4. The van der Waals surface area contributed by atoms with Gasteiger partial charge in [-0.3, -0.25) is 9.78 Å². The van der Waals surface area contributed by atoms with E-state index in [9.17, 15) is 14.3 Å². The SMILES string of the molecule is O=C(NC1CCCC(CO)C1)c1ccc(-c2cccc(F)c2)nc1. The number of hydrogen-bond acceptors (Lipinski definition) is 3. The summed E-state index contributed by atoms with van der Waals surface area (Å²) in [7, 11) is 0. The summed E-state index contributed by atoms with van der Waals surface area (Å²) in [6, 6.07) is 9.74. The predicted octanol–water partition coefficient (Wildman–Crippen LogP) is 3.17. The minimum atomic E-state index is -0.313. The summed E-state index contributed by atoms with van der Waals surface area (Å²) in [6.07, 6.45) is 5.32. The highest BCUT2D eigenvalue weighted by Crippen LogP contribution is 2.24. The van der Waals surface area contributed by atoms with Crippen molar-refractivity contribution in [1.82, 2.24) is 10.3 Å². The van der Waals surface area contributed by atoms with Gasteiger partial charge in [0, 0.05) is 24.4 Å². The van der Waals surface area contributed by atoms with Crippen molar-refractivity contribution in [3.63, 3.8) is 0 Å². The number of aromatic nitrogens is 1. The van der Waals surface area contributed by atoms with E-state index in [0.29, 0.717) is 16.8 Å². The van der Waals surface area contributed by atoms with E-state index in [0.717, 1.165) is 25.7 Å². The minimum Gasteiger partial charge on any atom is -0.396 e. The number of rotatable bonds is 4. The van der Waals surface area contributed by atoms with Gasteiger partial charge in [0.1, 0.15) is 5.82 Å². The maximum atomic E-state index is 13.3. The van der Waals surface area contributed by atoms with Crippen molar-refractivity contribution >= 4 is 5.91 Å². The van der Waals surface area contributed by atoms with Gasteiger partial charge in [0.2, 0.25) is 0 Å². The van der Waals surface area contributed by atoms with Crippen molar-refractivity contribution in [3.05, 3.63) is 54.0 Å². The molecule has 2 atom stereocenters. The molecule has 126 valence electrons. The van der Waals surface area contributed by atoms with Gasteiger partial charge >= 0.3 is 0 Å². The molecular weight excluding hydrogens is 307 g/mol. The fraction of sp³-hybridized carbons (Fsp3) is 0.368. The Bertz CT molecular complexity index is 703. The molecule has 1 saturated carbocycles. The molecule has 3 rings (SSSR count). The molecule has 1 aliphatic rings. The van der Waals surface area contributed by atoms with Gasteiger partial charge in [-0.05, 0) is 49.4 Å². The number of amides is 1. The van der Waals surface area contributed by atoms with Crippen LogP contribution in [-0.4, -0.2) is 28.6 Å². The molecule has 1 amide bonds. The van der Waals surface area contributed by atoms with Gasteiger partial charge in [-0.2, -0.15) is 0 Å². The van der Waals surface area contributed by atoms with E-state index >= 15 is 0 Å². The molecule has 2 unspecified atom stereocenters. The number of nitrogens with zero attached hydrogens (tertiary/aromatic N) is 1. The fourth-order valence-electron chi connectivity index (χ4n) is 3.20. The van der Waals surface area contributed by atoms with E-state index in [1.807, 2.05) is 0 Å². The monoisotopic (exact) mass is 328 g/mol. The van der Waals surface area contributed by atoms with Crippen LogP contribution in [-0.2, 0) is 0 Å². The second-order valence-corrected chi connectivity index (χ2v) is 6.33. The van der Waals surface area contributed by atoms with E-state index in [-0.39, 0.29) is 30.3 Å². The van der Waals surface area contributed by atoms with Crippen LogP contribution >= 0.6 is 0 Å². The lowest BCUT2D eigenvalue weighted by molar-refractivity contribution is 0.0905. The number of aliphatic hydroxyl groups is 1. The van der Waals surface area contributed by atoms with Gasteiger partial charge in [-0.15, -0.1) is 0 Å². The molecule has 0 bridgehead atoms. The molecular formula is C19H21FN2O2. The Morgan fingerprint density at radius 3 is 2.88 bits per heavy atom. The largest absolute Gasteiger partial charge is 0.396 e. The van der Waals surface area contributed by atoms with Crippen molar-refractivity contribution in [3.8, 4) is 11.3 Å². The summed E-state index contributed by atoms with van der Waals surface area (Å²) in [5.41, 5.74) is 1.80. The average molecular weight is 328 g/mol. The Morgan fingerprint density at radius 2 is 2.17 bits per heavy atom. The lowest BCUT2D eigenvalue weighted by Gasteiger charge is -2.28. The van der Waals surface area contributed by atoms with Gasteiger partial charge in [0.25, 0.3) is 5.91 Å². The number of carbonyl (C=O) groups excluding carboxylic acids is 1. The van der Waals surface area contributed by atoms with Crippen molar-refractivity contribution in [2.45, 2.75) is 31.7 Å². The van der Waals surface area contributed by atoms with Crippen LogP contribution in [0.2, 0.25) is 0 Å². The number of carbonyl (C=O) groups is 1. The predicted molar refractivity (Wildman–Crippen MR) is 89.9 cm³/mol. The highest BCUT2D eigenvalue weighted by molar-refractivity contribution is 5.94. The lowest BCUT2D eigenvalue weighted by Crippen LogP contribution is -2.39. The second-order valence-electron chi connectivity index (χ2n) is 6.33. The summed E-state index contributed by atoms with van der Waals surface area (Å²) in [6.45, 7) is 0.177. The Morgan fingerprint density at radius 1 is 1.29 bits per heavy atom. The molecule has 0 spiro atoms. The molecule has 1 aliphatic carbocycles. The first kappa shape index (κ1) is 16.6. The van der Waals surface area contributed by atoms with E-state index in [2.05, 4.69) is 10.3 Å². The second kappa shape index (κ2) is 7.53. The molecule has 1 aromatic heterocycles. The Hall–Kier alpha value is -2.27. The van der Waals surface area contributed by atoms with Crippen LogP contribution in [0.5, 0.6) is 0 Å². The molecule has 0 saturated heterocycles. The molecule has 5 heteroatoms. The van der Waals surface area contributed by atoms with Crippen molar-refractivity contribution in [1.29, 1.82) is 0 Å². The highest BCUT2D eigenvalue weighted by atomic mass is 19.1. The van der Waals surface area contributed by atoms with Crippen LogP contribution in [0.1, 0.15) is 36.0 Å². The standard InChI is InChI=1S/C19H21FN2O2/c20-16-5-2-4-14(10-16)18-8-7-15(11-21-18)19(24)22-17-6-1-3-13(9-17)12-23/h2,4-5,7-8,10-11,13,17,23H,1,3,6,9,12H2,(H,22,24). The third kappa shape index (κ3) is 3.97. The molecule has 2 N–H and O–H groups in total. The first-order valence-electron chi connectivity index (χ1n) is 8.29. The minimum absolute atomic E-state index is 0.103. The number of pyridine rings is 1. The Kier molecular flexibility index (Phi) is 5.20. The third-order valence-corrected chi connectivity index (χ3v) is 4.52. The van der Waals surface area contributed by atoms with Crippen LogP contribution in [0.4, 0.5) is 4.39 Å². The lowest BCUT2D eigenvalue weighted by atomic mass is 9.86. The Labute approximate surface area is 140 Å². The molecule has 0 radical (unpaired) electrons. The van der Waals surface area contributed by atoms with Gasteiger partial charge in [-0.1, -0.05) is 18.6 Å². The van der Waals surface area contributed by atoms with E-state index in [4.69, 9.17) is 0 Å². The fourth-order valence-corrected chi connectivity index (χ4v) is 3.20. The molecule has 0 aliphatic heterocycles.